The molecule has 1 fully saturated rings. The molecule has 2 atom stereocenters. The van der Waals surface area contributed by atoms with Crippen LogP contribution in [0, 0.1) is 0 Å². The van der Waals surface area contributed by atoms with Crippen molar-refractivity contribution in [2.24, 2.45) is 11.5 Å². The minimum absolute atomic E-state index is 0.336. The lowest BCUT2D eigenvalue weighted by molar-refractivity contribution is -0.125. The first kappa shape index (κ1) is 14.9. The zero-order valence-electron chi connectivity index (χ0n) is 12.1. The summed E-state index contributed by atoms with van der Waals surface area (Å²) in [6.45, 7) is 0.948. The SMILES string of the molecule is CN(CCc1ccncc1)C1CCCC(N)(C(N)=O)C1. The summed E-state index contributed by atoms with van der Waals surface area (Å²) >= 11 is 0. The first-order valence-electron chi connectivity index (χ1n) is 7.19. The summed E-state index contributed by atoms with van der Waals surface area (Å²) in [5, 5.41) is 0. The average molecular weight is 276 g/mol. The quantitative estimate of drug-likeness (QED) is 0.828. The highest BCUT2D eigenvalue weighted by Crippen LogP contribution is 2.28. The van der Waals surface area contributed by atoms with E-state index in [0.717, 1.165) is 25.8 Å². The molecule has 5 heteroatoms. The van der Waals surface area contributed by atoms with Crippen LogP contribution < -0.4 is 11.5 Å². The Morgan fingerprint density at radius 2 is 2.20 bits per heavy atom. The fourth-order valence-electron chi connectivity index (χ4n) is 2.92. The predicted octanol–water partition coefficient (Wildman–Crippen LogP) is 0.681. The van der Waals surface area contributed by atoms with Gasteiger partial charge in [0.15, 0.2) is 0 Å². The molecule has 0 aromatic carbocycles. The molecule has 2 rings (SSSR count). The molecular formula is C15H24N4O. The first-order chi connectivity index (χ1) is 9.51. The Morgan fingerprint density at radius 1 is 1.50 bits per heavy atom. The molecular weight excluding hydrogens is 252 g/mol. The van der Waals surface area contributed by atoms with Gasteiger partial charge in [-0.3, -0.25) is 9.78 Å². The Balaban J connectivity index is 1.89. The van der Waals surface area contributed by atoms with Crippen molar-refractivity contribution in [3.05, 3.63) is 30.1 Å². The molecule has 0 bridgehead atoms. The molecule has 1 heterocycles. The second-order valence-electron chi connectivity index (χ2n) is 5.86. The van der Waals surface area contributed by atoms with Crippen LogP contribution in [-0.4, -0.2) is 41.0 Å². The predicted molar refractivity (Wildman–Crippen MR) is 78.9 cm³/mol. The molecule has 1 aromatic heterocycles. The summed E-state index contributed by atoms with van der Waals surface area (Å²) in [7, 11) is 2.10. The average Bonchev–Trinajstić information content (AvgIpc) is 2.46. The molecule has 4 N–H and O–H groups in total. The molecule has 0 aliphatic heterocycles. The summed E-state index contributed by atoms with van der Waals surface area (Å²) in [6.07, 6.45) is 8.01. The fraction of sp³-hybridized carbons (Fsp3) is 0.600. The third-order valence-electron chi connectivity index (χ3n) is 4.38. The van der Waals surface area contributed by atoms with E-state index >= 15 is 0 Å². The van der Waals surface area contributed by atoms with Gasteiger partial charge in [-0.05, 0) is 56.8 Å². The van der Waals surface area contributed by atoms with Crippen LogP contribution in [-0.2, 0) is 11.2 Å². The zero-order valence-corrected chi connectivity index (χ0v) is 12.1. The van der Waals surface area contributed by atoms with Crippen LogP contribution >= 0.6 is 0 Å². The smallest absolute Gasteiger partial charge is 0.237 e. The minimum atomic E-state index is -0.826. The molecule has 110 valence electrons. The van der Waals surface area contributed by atoms with Crippen LogP contribution in [0.2, 0.25) is 0 Å². The van der Waals surface area contributed by atoms with Crippen LogP contribution in [0.15, 0.2) is 24.5 Å². The van der Waals surface area contributed by atoms with E-state index in [4.69, 9.17) is 11.5 Å². The highest BCUT2D eigenvalue weighted by Gasteiger charge is 2.38. The van der Waals surface area contributed by atoms with Crippen molar-refractivity contribution >= 4 is 5.91 Å². The maximum Gasteiger partial charge on any atom is 0.237 e. The van der Waals surface area contributed by atoms with Gasteiger partial charge in [0.2, 0.25) is 5.91 Å². The van der Waals surface area contributed by atoms with Gasteiger partial charge >= 0.3 is 0 Å². The standard InChI is InChI=1S/C15H24N4O/c1-19(10-6-12-4-8-18-9-5-12)13-3-2-7-15(17,11-13)14(16)20/h4-5,8-9,13H,2-3,6-7,10-11,17H2,1H3,(H2,16,20). The number of nitrogens with two attached hydrogens (primary N) is 2. The van der Waals surface area contributed by atoms with E-state index in [2.05, 4.69) is 16.9 Å². The van der Waals surface area contributed by atoms with E-state index < -0.39 is 5.54 Å². The number of aromatic nitrogens is 1. The molecule has 0 saturated heterocycles. The van der Waals surface area contributed by atoms with Crippen molar-refractivity contribution in [1.82, 2.24) is 9.88 Å². The summed E-state index contributed by atoms with van der Waals surface area (Å²) < 4.78 is 0. The Morgan fingerprint density at radius 3 is 2.85 bits per heavy atom. The number of primary amides is 1. The summed E-state index contributed by atoms with van der Waals surface area (Å²) in [4.78, 5) is 17.8. The number of amides is 1. The van der Waals surface area contributed by atoms with Gasteiger partial charge in [0.25, 0.3) is 0 Å². The third kappa shape index (κ3) is 3.55. The maximum absolute atomic E-state index is 11.5. The molecule has 0 spiro atoms. The summed E-state index contributed by atoms with van der Waals surface area (Å²) in [5.41, 5.74) is 12.0. The van der Waals surface area contributed by atoms with E-state index in [-0.39, 0.29) is 5.91 Å². The van der Waals surface area contributed by atoms with Crippen molar-refractivity contribution < 1.29 is 4.79 Å². The Kier molecular flexibility index (Phi) is 4.73. The second kappa shape index (κ2) is 6.33. The van der Waals surface area contributed by atoms with E-state index in [1.54, 1.807) is 0 Å². The van der Waals surface area contributed by atoms with Crippen molar-refractivity contribution in [3.63, 3.8) is 0 Å². The normalized spacial score (nSPS) is 26.6. The van der Waals surface area contributed by atoms with Crippen LogP contribution in [0.4, 0.5) is 0 Å². The van der Waals surface area contributed by atoms with Gasteiger partial charge < -0.3 is 16.4 Å². The second-order valence-corrected chi connectivity index (χ2v) is 5.86. The van der Waals surface area contributed by atoms with Gasteiger partial charge in [0, 0.05) is 25.0 Å². The van der Waals surface area contributed by atoms with Gasteiger partial charge in [-0.1, -0.05) is 0 Å². The number of carbonyl (C=O) groups excluding carboxylic acids is 1. The Bertz CT molecular complexity index is 450. The first-order valence-corrected chi connectivity index (χ1v) is 7.19. The summed E-state index contributed by atoms with van der Waals surface area (Å²) in [5.74, 6) is -0.371. The molecule has 1 aliphatic rings. The van der Waals surface area contributed by atoms with Crippen molar-refractivity contribution in [2.75, 3.05) is 13.6 Å². The molecule has 0 radical (unpaired) electrons. The fourth-order valence-corrected chi connectivity index (χ4v) is 2.92. The Hall–Kier alpha value is -1.46. The maximum atomic E-state index is 11.5. The van der Waals surface area contributed by atoms with Crippen LogP contribution in [0.25, 0.3) is 0 Å². The number of hydrogen-bond donors (Lipinski definition) is 2. The Labute approximate surface area is 120 Å². The molecule has 2 unspecified atom stereocenters. The number of nitrogens with zero attached hydrogens (tertiary/aromatic N) is 2. The largest absolute Gasteiger partial charge is 0.368 e. The number of likely N-dealkylation sites (N-methyl/N-ethyl adjacent to an activating group) is 1. The topological polar surface area (TPSA) is 85.2 Å². The number of rotatable bonds is 5. The van der Waals surface area contributed by atoms with Crippen LogP contribution in [0.1, 0.15) is 31.2 Å². The third-order valence-corrected chi connectivity index (χ3v) is 4.38. The molecule has 5 nitrogen and oxygen atoms in total. The van der Waals surface area contributed by atoms with Gasteiger partial charge in [0.1, 0.15) is 0 Å². The number of pyridine rings is 1. The lowest BCUT2D eigenvalue weighted by atomic mass is 9.78. The highest BCUT2D eigenvalue weighted by molar-refractivity contribution is 5.84. The lowest BCUT2D eigenvalue weighted by Gasteiger charge is -2.39. The van der Waals surface area contributed by atoms with Gasteiger partial charge in [-0.15, -0.1) is 0 Å². The van der Waals surface area contributed by atoms with Gasteiger partial charge in [-0.2, -0.15) is 0 Å². The van der Waals surface area contributed by atoms with E-state index in [0.29, 0.717) is 18.9 Å². The van der Waals surface area contributed by atoms with Gasteiger partial charge in [0.05, 0.1) is 5.54 Å². The number of carbonyl (C=O) groups is 1. The zero-order chi connectivity index (χ0) is 14.6. The monoisotopic (exact) mass is 276 g/mol. The van der Waals surface area contributed by atoms with Crippen molar-refractivity contribution in [1.29, 1.82) is 0 Å². The molecule has 1 amide bonds. The van der Waals surface area contributed by atoms with Crippen LogP contribution in [0.5, 0.6) is 0 Å². The van der Waals surface area contributed by atoms with E-state index in [1.807, 2.05) is 24.5 Å². The molecule has 20 heavy (non-hydrogen) atoms. The van der Waals surface area contributed by atoms with Crippen molar-refractivity contribution in [2.45, 2.75) is 43.7 Å². The van der Waals surface area contributed by atoms with E-state index in [1.165, 1.54) is 5.56 Å². The van der Waals surface area contributed by atoms with Crippen molar-refractivity contribution in [3.8, 4) is 0 Å². The molecule has 1 aliphatic carbocycles. The highest BCUT2D eigenvalue weighted by atomic mass is 16.1. The lowest BCUT2D eigenvalue weighted by Crippen LogP contribution is -2.58. The minimum Gasteiger partial charge on any atom is -0.368 e. The number of hydrogen-bond acceptors (Lipinski definition) is 4. The van der Waals surface area contributed by atoms with Crippen LogP contribution in [0.3, 0.4) is 0 Å². The molecule has 1 saturated carbocycles. The van der Waals surface area contributed by atoms with Gasteiger partial charge in [-0.25, -0.2) is 0 Å². The summed E-state index contributed by atoms with van der Waals surface area (Å²) in [6, 6.07) is 4.40. The van der Waals surface area contributed by atoms with E-state index in [9.17, 15) is 4.79 Å². The molecule has 1 aromatic rings.